The number of allylic oxidation sites excluding steroid dienone is 1. The van der Waals surface area contributed by atoms with E-state index in [1.54, 1.807) is 41.8 Å². The zero-order valence-electron chi connectivity index (χ0n) is 20.2. The molecular formula is C24H26N6O6S. The average Bonchev–Trinajstić information content (AvgIpc) is 3.29. The van der Waals surface area contributed by atoms with Crippen LogP contribution in [0, 0.1) is 17.0 Å². The van der Waals surface area contributed by atoms with Gasteiger partial charge in [-0.2, -0.15) is 0 Å². The van der Waals surface area contributed by atoms with E-state index in [1.807, 2.05) is 0 Å². The number of carbonyl (C=O) groups is 2. The van der Waals surface area contributed by atoms with Crippen LogP contribution in [-0.2, 0) is 11.3 Å². The number of amides is 2. The van der Waals surface area contributed by atoms with E-state index in [-0.39, 0.29) is 23.9 Å². The van der Waals surface area contributed by atoms with Gasteiger partial charge in [-0.3, -0.25) is 19.7 Å². The van der Waals surface area contributed by atoms with Crippen molar-refractivity contribution in [3.8, 4) is 5.75 Å². The molecule has 0 bridgehead atoms. The van der Waals surface area contributed by atoms with Crippen LogP contribution in [0.5, 0.6) is 5.75 Å². The Kier molecular flexibility index (Phi) is 9.35. The first-order valence-corrected chi connectivity index (χ1v) is 12.0. The number of hydrogen-bond acceptors (Lipinski definition) is 9. The lowest BCUT2D eigenvalue weighted by molar-refractivity contribution is -0.384. The van der Waals surface area contributed by atoms with Crippen molar-refractivity contribution in [2.24, 2.45) is 0 Å². The number of nitro groups is 1. The molecule has 3 N–H and O–H groups in total. The number of rotatable bonds is 12. The van der Waals surface area contributed by atoms with E-state index in [4.69, 9.17) is 4.74 Å². The minimum Gasteiger partial charge on any atom is -0.497 e. The van der Waals surface area contributed by atoms with Crippen LogP contribution in [0.2, 0.25) is 0 Å². The van der Waals surface area contributed by atoms with Crippen LogP contribution in [0.15, 0.2) is 60.3 Å². The van der Waals surface area contributed by atoms with Gasteiger partial charge in [-0.1, -0.05) is 17.8 Å². The second-order valence-electron chi connectivity index (χ2n) is 7.77. The van der Waals surface area contributed by atoms with Crippen molar-refractivity contribution in [3.63, 3.8) is 0 Å². The maximum atomic E-state index is 12.7. The van der Waals surface area contributed by atoms with Gasteiger partial charge in [0.05, 0.1) is 24.4 Å². The second-order valence-corrected chi connectivity index (χ2v) is 8.71. The monoisotopic (exact) mass is 526 g/mol. The lowest BCUT2D eigenvalue weighted by Gasteiger charge is -2.17. The lowest BCUT2D eigenvalue weighted by atomic mass is 10.2. The minimum absolute atomic E-state index is 0.0201. The molecule has 3 aromatic rings. The molecule has 0 aliphatic heterocycles. The third-order valence-electron chi connectivity index (χ3n) is 5.24. The third-order valence-corrected chi connectivity index (χ3v) is 6.20. The fraction of sp³-hybridized carbons (Fsp3) is 0.250. The number of aliphatic hydroxyl groups excluding tert-OH is 1. The predicted octanol–water partition coefficient (Wildman–Crippen LogP) is 2.88. The summed E-state index contributed by atoms with van der Waals surface area (Å²) in [5, 5.41) is 35.0. The number of aryl methyl sites for hydroxylation is 1. The van der Waals surface area contributed by atoms with Crippen molar-refractivity contribution in [3.05, 3.63) is 82.2 Å². The van der Waals surface area contributed by atoms with Crippen LogP contribution in [-0.4, -0.2) is 56.1 Å². The van der Waals surface area contributed by atoms with Gasteiger partial charge in [-0.15, -0.1) is 16.8 Å². The SMILES string of the molecule is C=CCn1c(SCC(=O)Nc2ccc([N+](=O)[O-])cc2C)nnc1[C@@H](CO)NC(=O)c1ccc(OC)cc1. The third kappa shape index (κ3) is 6.92. The maximum absolute atomic E-state index is 12.7. The topological polar surface area (TPSA) is 162 Å². The molecule has 0 aliphatic carbocycles. The first-order valence-electron chi connectivity index (χ1n) is 11.0. The fourth-order valence-corrected chi connectivity index (χ4v) is 4.11. The molecule has 194 valence electrons. The molecule has 0 unspecified atom stereocenters. The quantitative estimate of drug-likeness (QED) is 0.139. The summed E-state index contributed by atoms with van der Waals surface area (Å²) in [6, 6.07) is 9.83. The van der Waals surface area contributed by atoms with Gasteiger partial charge in [0, 0.05) is 29.9 Å². The Balaban J connectivity index is 1.69. The molecule has 1 atom stereocenters. The molecule has 1 heterocycles. The second kappa shape index (κ2) is 12.6. The highest BCUT2D eigenvalue weighted by atomic mass is 32.2. The van der Waals surface area contributed by atoms with Gasteiger partial charge in [-0.05, 0) is 42.8 Å². The van der Waals surface area contributed by atoms with Crippen LogP contribution in [0.1, 0.15) is 27.8 Å². The van der Waals surface area contributed by atoms with Crippen molar-refractivity contribution >= 4 is 35.0 Å². The zero-order valence-corrected chi connectivity index (χ0v) is 21.0. The van der Waals surface area contributed by atoms with Crippen LogP contribution < -0.4 is 15.4 Å². The van der Waals surface area contributed by atoms with E-state index in [2.05, 4.69) is 27.4 Å². The lowest BCUT2D eigenvalue weighted by Crippen LogP contribution is -2.33. The maximum Gasteiger partial charge on any atom is 0.269 e. The summed E-state index contributed by atoms with van der Waals surface area (Å²) in [6.07, 6.45) is 1.61. The highest BCUT2D eigenvalue weighted by molar-refractivity contribution is 7.99. The number of thioether (sulfide) groups is 1. The summed E-state index contributed by atoms with van der Waals surface area (Å²) in [4.78, 5) is 35.6. The number of aromatic nitrogens is 3. The van der Waals surface area contributed by atoms with Crippen molar-refractivity contribution < 1.29 is 24.4 Å². The molecule has 0 saturated heterocycles. The van der Waals surface area contributed by atoms with Crippen molar-refractivity contribution in [1.82, 2.24) is 20.1 Å². The molecule has 0 radical (unpaired) electrons. The van der Waals surface area contributed by atoms with Crippen LogP contribution in [0.4, 0.5) is 11.4 Å². The number of anilines is 1. The molecule has 37 heavy (non-hydrogen) atoms. The molecule has 3 rings (SSSR count). The number of ether oxygens (including phenoxy) is 1. The highest BCUT2D eigenvalue weighted by Crippen LogP contribution is 2.24. The molecule has 2 amide bonds. The number of methoxy groups -OCH3 is 1. The van der Waals surface area contributed by atoms with Crippen molar-refractivity contribution in [2.75, 3.05) is 24.8 Å². The van der Waals surface area contributed by atoms with Gasteiger partial charge >= 0.3 is 0 Å². The molecule has 0 spiro atoms. The van der Waals surface area contributed by atoms with E-state index < -0.39 is 23.5 Å². The summed E-state index contributed by atoms with van der Waals surface area (Å²) in [7, 11) is 1.53. The Morgan fingerprint density at radius 3 is 2.59 bits per heavy atom. The standard InChI is InChI=1S/C24H26N6O6S/c1-4-11-29-22(20(13-31)26-23(33)16-5-8-18(36-3)9-6-16)27-28-24(29)37-14-21(32)25-19-10-7-17(30(34)35)12-15(19)2/h4-10,12,20,31H,1,11,13-14H2,2-3H3,(H,25,32)(H,26,33)/t20-/m1/s1. The molecule has 12 nitrogen and oxygen atoms in total. The van der Waals surface area contributed by atoms with Gasteiger partial charge < -0.3 is 25.0 Å². The number of carbonyl (C=O) groups excluding carboxylic acids is 2. The Bertz CT molecular complexity index is 1290. The fourth-order valence-electron chi connectivity index (χ4n) is 3.36. The van der Waals surface area contributed by atoms with Crippen molar-refractivity contribution in [2.45, 2.75) is 24.7 Å². The number of nitrogens with zero attached hydrogens (tertiary/aromatic N) is 4. The van der Waals surface area contributed by atoms with Crippen molar-refractivity contribution in [1.29, 1.82) is 0 Å². The number of aliphatic hydroxyl groups is 1. The van der Waals surface area contributed by atoms with E-state index in [9.17, 15) is 24.8 Å². The zero-order chi connectivity index (χ0) is 26.9. The molecule has 2 aromatic carbocycles. The first-order chi connectivity index (χ1) is 17.8. The van der Waals surface area contributed by atoms with Gasteiger partial charge in [0.1, 0.15) is 11.8 Å². The van der Waals surface area contributed by atoms with E-state index in [0.29, 0.717) is 33.5 Å². The molecule has 0 aliphatic rings. The Morgan fingerprint density at radius 2 is 2.00 bits per heavy atom. The Labute approximate surface area is 216 Å². The molecule has 0 fully saturated rings. The van der Waals surface area contributed by atoms with E-state index in [0.717, 1.165) is 11.8 Å². The largest absolute Gasteiger partial charge is 0.497 e. The van der Waals surface area contributed by atoms with Crippen LogP contribution >= 0.6 is 11.8 Å². The van der Waals surface area contributed by atoms with E-state index in [1.165, 1.54) is 25.3 Å². The molecule has 1 aromatic heterocycles. The number of hydrogen-bond donors (Lipinski definition) is 3. The van der Waals surface area contributed by atoms with Crippen LogP contribution in [0.3, 0.4) is 0 Å². The molecule has 13 heteroatoms. The summed E-state index contributed by atoms with van der Waals surface area (Å²) in [5.41, 5.74) is 1.34. The summed E-state index contributed by atoms with van der Waals surface area (Å²) >= 11 is 1.11. The van der Waals surface area contributed by atoms with Gasteiger partial charge in [0.2, 0.25) is 5.91 Å². The average molecular weight is 527 g/mol. The van der Waals surface area contributed by atoms with Crippen LogP contribution in [0.25, 0.3) is 0 Å². The molecular weight excluding hydrogens is 500 g/mol. The number of non-ortho nitro benzene ring substituents is 1. The van der Waals surface area contributed by atoms with Gasteiger partial charge in [-0.25, -0.2) is 0 Å². The minimum atomic E-state index is -0.854. The number of nitrogens with one attached hydrogen (secondary N) is 2. The smallest absolute Gasteiger partial charge is 0.269 e. The summed E-state index contributed by atoms with van der Waals surface area (Å²) < 4.78 is 6.75. The van der Waals surface area contributed by atoms with Gasteiger partial charge in [0.25, 0.3) is 11.6 Å². The predicted molar refractivity (Wildman–Crippen MR) is 138 cm³/mol. The first kappa shape index (κ1) is 27.4. The normalized spacial score (nSPS) is 11.4. The Morgan fingerprint density at radius 1 is 1.27 bits per heavy atom. The van der Waals surface area contributed by atoms with Gasteiger partial charge in [0.15, 0.2) is 11.0 Å². The number of nitro benzene ring substituents is 1. The Hall–Kier alpha value is -4.23. The molecule has 0 saturated carbocycles. The number of benzene rings is 2. The highest BCUT2D eigenvalue weighted by Gasteiger charge is 2.23. The van der Waals surface area contributed by atoms with E-state index >= 15 is 0 Å². The summed E-state index contributed by atoms with van der Waals surface area (Å²) in [5.74, 6) is 0.132. The summed E-state index contributed by atoms with van der Waals surface area (Å²) in [6.45, 7) is 5.25.